The van der Waals surface area contributed by atoms with Gasteiger partial charge in [-0.15, -0.1) is 0 Å². The summed E-state index contributed by atoms with van der Waals surface area (Å²) in [6.45, 7) is -0.602. The number of nitro groups is 1. The number of carbonyl (C=O) groups is 2. The predicted octanol–water partition coefficient (Wildman–Crippen LogP) is 2.48. The number of halogens is 1. The first-order valence-corrected chi connectivity index (χ1v) is 8.00. The second-order valence-electron chi connectivity index (χ2n) is 5.19. The average Bonchev–Trinajstić information content (AvgIpc) is 2.66. The Morgan fingerprint density at radius 2 is 2.07 bits per heavy atom. The minimum Gasteiger partial charge on any atom is -0.493 e. The summed E-state index contributed by atoms with van der Waals surface area (Å²) in [6, 6.07) is 8.33. The lowest BCUT2D eigenvalue weighted by atomic mass is 10.2. The Balaban J connectivity index is 2.16. The van der Waals surface area contributed by atoms with E-state index in [1.807, 2.05) is 0 Å². The molecule has 0 fully saturated rings. The van der Waals surface area contributed by atoms with Crippen molar-refractivity contribution in [1.82, 2.24) is 5.43 Å². The summed E-state index contributed by atoms with van der Waals surface area (Å²) in [5.41, 5.74) is 2.11. The third-order valence-electron chi connectivity index (χ3n) is 3.32. The van der Waals surface area contributed by atoms with Crippen LogP contribution in [0.1, 0.15) is 15.9 Å². The van der Waals surface area contributed by atoms with Gasteiger partial charge in [0.1, 0.15) is 5.56 Å². The Labute approximate surface area is 163 Å². The second kappa shape index (κ2) is 9.33. The highest BCUT2D eigenvalue weighted by Crippen LogP contribution is 2.36. The topological polar surface area (TPSA) is 140 Å². The quantitative estimate of drug-likeness (QED) is 0.389. The molecule has 0 aliphatic heterocycles. The Kier molecular flexibility index (Phi) is 6.88. The van der Waals surface area contributed by atoms with Crippen LogP contribution in [0.5, 0.6) is 11.5 Å². The number of aliphatic carboxylic acids is 1. The maximum absolute atomic E-state index is 12.1. The summed E-state index contributed by atoms with van der Waals surface area (Å²) >= 11 is 6.07. The first-order valence-electron chi connectivity index (χ1n) is 7.62. The van der Waals surface area contributed by atoms with Crippen LogP contribution < -0.4 is 14.9 Å². The summed E-state index contributed by atoms with van der Waals surface area (Å²) in [5, 5.41) is 23.5. The van der Waals surface area contributed by atoms with E-state index in [0.717, 1.165) is 0 Å². The third-order valence-corrected chi connectivity index (χ3v) is 3.60. The van der Waals surface area contributed by atoms with Crippen molar-refractivity contribution in [3.63, 3.8) is 0 Å². The van der Waals surface area contributed by atoms with Crippen molar-refractivity contribution in [2.24, 2.45) is 5.10 Å². The molecule has 0 bridgehead atoms. The van der Waals surface area contributed by atoms with Crippen LogP contribution in [-0.4, -0.2) is 41.8 Å². The zero-order valence-electron chi connectivity index (χ0n) is 14.4. The van der Waals surface area contributed by atoms with Crippen LogP contribution in [-0.2, 0) is 4.79 Å². The highest BCUT2D eigenvalue weighted by atomic mass is 35.5. The van der Waals surface area contributed by atoms with E-state index >= 15 is 0 Å². The van der Waals surface area contributed by atoms with Crippen LogP contribution in [0.4, 0.5) is 5.69 Å². The molecule has 2 rings (SSSR count). The number of carboxylic acids is 1. The standard InChI is InChI=1S/C17H14ClN3O7/c1-27-14-7-10(6-12(18)16(14)28-9-15(22)23)8-19-20-17(24)11-4-2-3-5-13(11)21(25)26/h2-8H,9H2,1H3,(H,20,24)(H,22,23)/b19-8-. The summed E-state index contributed by atoms with van der Waals surface area (Å²) in [7, 11) is 1.34. The molecule has 11 heteroatoms. The van der Waals surface area contributed by atoms with Gasteiger partial charge in [-0.1, -0.05) is 23.7 Å². The first-order chi connectivity index (χ1) is 13.3. The smallest absolute Gasteiger partial charge is 0.341 e. The number of hydrogen-bond acceptors (Lipinski definition) is 7. The van der Waals surface area contributed by atoms with Crippen molar-refractivity contribution in [3.05, 3.63) is 62.7 Å². The van der Waals surface area contributed by atoms with Crippen molar-refractivity contribution >= 4 is 35.4 Å². The third kappa shape index (κ3) is 5.17. The molecular formula is C17H14ClN3O7. The van der Waals surface area contributed by atoms with Crippen molar-refractivity contribution in [1.29, 1.82) is 0 Å². The molecule has 0 aromatic heterocycles. The number of carboxylic acid groups (broad SMARTS) is 1. The molecule has 28 heavy (non-hydrogen) atoms. The minimum atomic E-state index is -1.18. The lowest BCUT2D eigenvalue weighted by molar-refractivity contribution is -0.385. The summed E-state index contributed by atoms with van der Waals surface area (Å²) in [5.74, 6) is -1.72. The van der Waals surface area contributed by atoms with Gasteiger partial charge in [-0.05, 0) is 23.8 Å². The van der Waals surface area contributed by atoms with Gasteiger partial charge in [-0.25, -0.2) is 10.2 Å². The van der Waals surface area contributed by atoms with Gasteiger partial charge in [0.2, 0.25) is 0 Å². The monoisotopic (exact) mass is 407 g/mol. The van der Waals surface area contributed by atoms with E-state index in [4.69, 9.17) is 26.2 Å². The molecule has 10 nitrogen and oxygen atoms in total. The van der Waals surface area contributed by atoms with Gasteiger partial charge in [0.25, 0.3) is 11.6 Å². The average molecular weight is 408 g/mol. The van der Waals surface area contributed by atoms with Crippen LogP contribution in [0.25, 0.3) is 0 Å². The number of rotatable bonds is 8. The number of hydrazone groups is 1. The second-order valence-corrected chi connectivity index (χ2v) is 5.60. The number of nitrogens with one attached hydrogen (secondary N) is 1. The van der Waals surface area contributed by atoms with E-state index in [9.17, 15) is 19.7 Å². The van der Waals surface area contributed by atoms with Gasteiger partial charge in [-0.3, -0.25) is 14.9 Å². The van der Waals surface area contributed by atoms with Crippen LogP contribution >= 0.6 is 11.6 Å². The van der Waals surface area contributed by atoms with Gasteiger partial charge in [0.15, 0.2) is 18.1 Å². The lowest BCUT2D eigenvalue weighted by Gasteiger charge is -2.11. The van der Waals surface area contributed by atoms with Crippen molar-refractivity contribution in [2.75, 3.05) is 13.7 Å². The summed E-state index contributed by atoms with van der Waals surface area (Å²) < 4.78 is 10.2. The zero-order valence-corrected chi connectivity index (χ0v) is 15.2. The molecule has 0 unspecified atom stereocenters. The van der Waals surface area contributed by atoms with Crippen molar-refractivity contribution < 1.29 is 29.1 Å². The number of benzene rings is 2. The molecule has 0 aliphatic rings. The van der Waals surface area contributed by atoms with Crippen molar-refractivity contribution in [3.8, 4) is 11.5 Å². The van der Waals surface area contributed by atoms with E-state index in [1.165, 1.54) is 49.7 Å². The molecule has 0 heterocycles. The number of para-hydroxylation sites is 1. The van der Waals surface area contributed by atoms with Gasteiger partial charge in [-0.2, -0.15) is 5.10 Å². The number of hydrogen-bond donors (Lipinski definition) is 2. The number of methoxy groups -OCH3 is 1. The first kappa shape index (κ1) is 20.6. The van der Waals surface area contributed by atoms with Crippen molar-refractivity contribution in [2.45, 2.75) is 0 Å². The normalized spacial score (nSPS) is 10.5. The Bertz CT molecular complexity index is 946. The van der Waals surface area contributed by atoms with Crippen LogP contribution in [0.15, 0.2) is 41.5 Å². The fraction of sp³-hybridized carbons (Fsp3) is 0.118. The predicted molar refractivity (Wildman–Crippen MR) is 99.3 cm³/mol. The van der Waals surface area contributed by atoms with Crippen LogP contribution in [0.3, 0.4) is 0 Å². The largest absolute Gasteiger partial charge is 0.493 e. The molecule has 0 atom stereocenters. The Morgan fingerprint density at radius 3 is 2.71 bits per heavy atom. The summed E-state index contributed by atoms with van der Waals surface area (Å²) in [6.07, 6.45) is 1.24. The number of nitrogens with zero attached hydrogens (tertiary/aromatic N) is 2. The van der Waals surface area contributed by atoms with Gasteiger partial charge >= 0.3 is 5.97 Å². The highest BCUT2D eigenvalue weighted by molar-refractivity contribution is 6.32. The fourth-order valence-corrected chi connectivity index (χ4v) is 2.41. The molecule has 2 aromatic carbocycles. The number of ether oxygens (including phenoxy) is 2. The molecular weight excluding hydrogens is 394 g/mol. The minimum absolute atomic E-state index is 0.0488. The number of nitro benzene ring substituents is 1. The van der Waals surface area contributed by atoms with Gasteiger partial charge in [0, 0.05) is 6.07 Å². The van der Waals surface area contributed by atoms with E-state index in [0.29, 0.717) is 5.56 Å². The van der Waals surface area contributed by atoms with E-state index in [-0.39, 0.29) is 27.8 Å². The number of amides is 1. The molecule has 2 N–H and O–H groups in total. The summed E-state index contributed by atoms with van der Waals surface area (Å²) in [4.78, 5) is 33.0. The molecule has 1 amide bonds. The Morgan fingerprint density at radius 1 is 1.36 bits per heavy atom. The van der Waals surface area contributed by atoms with E-state index in [1.54, 1.807) is 0 Å². The van der Waals surface area contributed by atoms with E-state index in [2.05, 4.69) is 10.5 Å². The van der Waals surface area contributed by atoms with Crippen LogP contribution in [0.2, 0.25) is 5.02 Å². The highest BCUT2D eigenvalue weighted by Gasteiger charge is 2.18. The van der Waals surface area contributed by atoms with Gasteiger partial charge < -0.3 is 14.6 Å². The number of carbonyl (C=O) groups excluding carboxylic acids is 1. The van der Waals surface area contributed by atoms with Gasteiger partial charge in [0.05, 0.1) is 23.3 Å². The van der Waals surface area contributed by atoms with E-state index < -0.39 is 23.4 Å². The molecule has 146 valence electrons. The molecule has 0 spiro atoms. The molecule has 2 aromatic rings. The van der Waals surface area contributed by atoms with Crippen LogP contribution in [0, 0.1) is 10.1 Å². The zero-order chi connectivity index (χ0) is 20.7. The molecule has 0 saturated carbocycles. The molecule has 0 aliphatic carbocycles. The SMILES string of the molecule is COc1cc(/C=N\NC(=O)c2ccccc2[N+](=O)[O-])cc(Cl)c1OCC(=O)O. The maximum atomic E-state index is 12.1. The molecule has 0 saturated heterocycles. The fourth-order valence-electron chi connectivity index (χ4n) is 2.14. The Hall–Kier alpha value is -3.66. The molecule has 0 radical (unpaired) electrons. The maximum Gasteiger partial charge on any atom is 0.341 e. The lowest BCUT2D eigenvalue weighted by Crippen LogP contribution is -2.19.